The average Bonchev–Trinajstić information content (AvgIpc) is 3.30. The van der Waals surface area contributed by atoms with Crippen LogP contribution in [0.25, 0.3) is 0 Å². The summed E-state index contributed by atoms with van der Waals surface area (Å²) in [6.07, 6.45) is 5.80. The van der Waals surface area contributed by atoms with Crippen molar-refractivity contribution >= 4 is 28.8 Å². The van der Waals surface area contributed by atoms with Crippen molar-refractivity contribution in [3.8, 4) is 0 Å². The number of allylic oxidation sites excluding steroid dienone is 2. The maximum Gasteiger partial charge on any atom is 0.302 e. The molecule has 2 aromatic carbocycles. The van der Waals surface area contributed by atoms with E-state index in [1.165, 1.54) is 23.7 Å². The smallest absolute Gasteiger partial charge is 0.302 e. The molecule has 5 rings (SSSR count). The molecule has 0 radical (unpaired) electrons. The number of Topliss-reactive ketones (excluding diaryl/α,β-unsaturated/α-hetero) is 1. The molecule has 2 atom stereocenters. The maximum absolute atomic E-state index is 13.6. The van der Waals surface area contributed by atoms with E-state index in [4.69, 9.17) is 4.74 Å². The molecule has 6 heteroatoms. The zero-order valence-electron chi connectivity index (χ0n) is 25.2. The van der Waals surface area contributed by atoms with Gasteiger partial charge in [0.25, 0.3) is 0 Å². The lowest BCUT2D eigenvalue weighted by Gasteiger charge is -2.35. The van der Waals surface area contributed by atoms with Crippen LogP contribution in [0, 0.1) is 5.92 Å². The normalized spacial score (nSPS) is 24.1. The SMILES string of the molecule is CC[N+]1=C(C=C2C(=O)C(C=C3N(CCCCCOC(C)=O)c4ccccc4C3(C)C)C2O)C(C)(C)c2ccccc21. The Labute approximate surface area is 244 Å². The van der Waals surface area contributed by atoms with Gasteiger partial charge in [-0.2, -0.15) is 4.58 Å². The first-order valence-electron chi connectivity index (χ1n) is 14.9. The highest BCUT2D eigenvalue weighted by Crippen LogP contribution is 2.49. The number of fused-ring (bicyclic) bond motifs is 2. The van der Waals surface area contributed by atoms with E-state index in [2.05, 4.69) is 80.5 Å². The molecule has 0 aromatic heterocycles. The van der Waals surface area contributed by atoms with Gasteiger partial charge in [0.05, 0.1) is 24.0 Å². The van der Waals surface area contributed by atoms with Crippen LogP contribution in [0.1, 0.15) is 71.9 Å². The highest BCUT2D eigenvalue weighted by molar-refractivity contribution is 6.14. The molecule has 2 aromatic rings. The first-order chi connectivity index (χ1) is 19.5. The van der Waals surface area contributed by atoms with Crippen molar-refractivity contribution < 1.29 is 24.0 Å². The second-order valence-electron chi connectivity index (χ2n) is 12.5. The Morgan fingerprint density at radius 2 is 1.68 bits per heavy atom. The van der Waals surface area contributed by atoms with E-state index >= 15 is 0 Å². The summed E-state index contributed by atoms with van der Waals surface area (Å²) in [5.41, 5.74) is 6.84. The molecule has 216 valence electrons. The predicted octanol–water partition coefficient (Wildman–Crippen LogP) is 5.98. The summed E-state index contributed by atoms with van der Waals surface area (Å²) in [5.74, 6) is -0.823. The van der Waals surface area contributed by atoms with Crippen molar-refractivity contribution in [2.45, 2.75) is 77.7 Å². The fourth-order valence-corrected chi connectivity index (χ4v) is 6.81. The first-order valence-corrected chi connectivity index (χ1v) is 14.9. The molecular weight excluding hydrogens is 512 g/mol. The van der Waals surface area contributed by atoms with Crippen molar-refractivity contribution in [3.63, 3.8) is 0 Å². The van der Waals surface area contributed by atoms with E-state index in [0.29, 0.717) is 12.2 Å². The molecule has 1 N–H and O–H groups in total. The number of ketones is 1. The quantitative estimate of drug-likeness (QED) is 0.178. The van der Waals surface area contributed by atoms with Crippen molar-refractivity contribution in [3.05, 3.63) is 83.1 Å². The third-order valence-corrected chi connectivity index (χ3v) is 9.12. The van der Waals surface area contributed by atoms with Crippen LogP contribution in [0.15, 0.2) is 72.0 Å². The summed E-state index contributed by atoms with van der Waals surface area (Å²) < 4.78 is 7.34. The number of carbonyl (C=O) groups is 2. The van der Waals surface area contributed by atoms with Crippen molar-refractivity contribution in [1.29, 1.82) is 0 Å². The van der Waals surface area contributed by atoms with Crippen molar-refractivity contribution in [1.82, 2.24) is 0 Å². The molecule has 2 aliphatic heterocycles. The minimum Gasteiger partial charge on any atom is -0.466 e. The lowest BCUT2D eigenvalue weighted by Crippen LogP contribution is -2.46. The third kappa shape index (κ3) is 4.97. The number of aliphatic hydroxyl groups excluding tert-OH is 1. The predicted molar refractivity (Wildman–Crippen MR) is 163 cm³/mol. The maximum atomic E-state index is 13.6. The standard InChI is InChI=1S/C35H43N2O4/c1-7-36-28-17-11-9-15-26(28)34(3,4)30(36)21-24-32(39)25(33(24)40)22-31-35(5,6)27-16-10-12-18-29(27)37(31)19-13-8-14-20-41-23(2)38/h9-12,15-18,21-22,25,32,39H,7-8,13-14,19-20H2,1-6H3/q+1. The second-order valence-corrected chi connectivity index (χ2v) is 12.5. The second kappa shape index (κ2) is 11.1. The van der Waals surface area contributed by atoms with Crippen molar-refractivity contribution in [2.24, 2.45) is 5.92 Å². The fourth-order valence-electron chi connectivity index (χ4n) is 6.81. The lowest BCUT2D eigenvalue weighted by molar-refractivity contribution is -0.433. The van der Waals surface area contributed by atoms with E-state index in [1.54, 1.807) is 0 Å². The number of carbonyl (C=O) groups excluding carboxylic acids is 2. The van der Waals surface area contributed by atoms with Gasteiger partial charge in [0.2, 0.25) is 5.69 Å². The molecular formula is C35H43N2O4+. The molecule has 2 unspecified atom stereocenters. The van der Waals surface area contributed by atoms with Gasteiger partial charge >= 0.3 is 5.97 Å². The zero-order valence-corrected chi connectivity index (χ0v) is 25.2. The number of rotatable bonds is 9. The van der Waals surface area contributed by atoms with E-state index in [0.717, 1.165) is 49.4 Å². The average molecular weight is 556 g/mol. The van der Waals surface area contributed by atoms with Gasteiger partial charge in [0.1, 0.15) is 6.54 Å². The summed E-state index contributed by atoms with van der Waals surface area (Å²) >= 11 is 0. The van der Waals surface area contributed by atoms with Crippen LogP contribution in [-0.2, 0) is 25.2 Å². The van der Waals surface area contributed by atoms with Gasteiger partial charge in [-0.3, -0.25) is 9.59 Å². The molecule has 1 saturated carbocycles. The molecule has 1 aliphatic carbocycles. The Bertz CT molecular complexity index is 1460. The number of anilines is 1. The lowest BCUT2D eigenvalue weighted by atomic mass is 9.71. The molecule has 41 heavy (non-hydrogen) atoms. The molecule has 1 fully saturated rings. The number of hydrogen-bond donors (Lipinski definition) is 1. The van der Waals surface area contributed by atoms with Crippen LogP contribution in [-0.4, -0.2) is 52.9 Å². The van der Waals surface area contributed by atoms with Crippen LogP contribution in [0.3, 0.4) is 0 Å². The zero-order chi connectivity index (χ0) is 29.5. The number of nitrogens with zero attached hydrogens (tertiary/aromatic N) is 2. The van der Waals surface area contributed by atoms with Gasteiger partial charge in [0, 0.05) is 53.5 Å². The van der Waals surface area contributed by atoms with Gasteiger partial charge < -0.3 is 14.7 Å². The Kier molecular flexibility index (Phi) is 7.82. The third-order valence-electron chi connectivity index (χ3n) is 9.12. The summed E-state index contributed by atoms with van der Waals surface area (Å²) in [7, 11) is 0. The first kappa shape index (κ1) is 29.0. The minimum atomic E-state index is -0.842. The fraction of sp³-hybridized carbons (Fsp3) is 0.457. The molecule has 0 saturated heterocycles. The number of aliphatic hydroxyl groups is 1. The Morgan fingerprint density at radius 3 is 2.37 bits per heavy atom. The molecule has 0 amide bonds. The number of unbranched alkanes of at least 4 members (excludes halogenated alkanes) is 2. The van der Waals surface area contributed by atoms with Crippen LogP contribution < -0.4 is 4.90 Å². The number of ether oxygens (including phenoxy) is 1. The van der Waals surface area contributed by atoms with E-state index in [-0.39, 0.29) is 22.6 Å². The molecule has 0 bridgehead atoms. The molecule has 2 heterocycles. The van der Waals surface area contributed by atoms with E-state index in [9.17, 15) is 14.7 Å². The van der Waals surface area contributed by atoms with E-state index < -0.39 is 12.0 Å². The number of esters is 1. The van der Waals surface area contributed by atoms with Crippen LogP contribution in [0.5, 0.6) is 0 Å². The van der Waals surface area contributed by atoms with Crippen LogP contribution in [0.2, 0.25) is 0 Å². The van der Waals surface area contributed by atoms with Crippen molar-refractivity contribution in [2.75, 3.05) is 24.6 Å². The number of benzene rings is 2. The van der Waals surface area contributed by atoms with Crippen LogP contribution in [0.4, 0.5) is 11.4 Å². The summed E-state index contributed by atoms with van der Waals surface area (Å²) in [6, 6.07) is 16.8. The summed E-state index contributed by atoms with van der Waals surface area (Å²) in [4.78, 5) is 27.0. The number of para-hydroxylation sites is 2. The van der Waals surface area contributed by atoms with Gasteiger partial charge in [-0.15, -0.1) is 0 Å². The minimum absolute atomic E-state index is 0.00611. The molecule has 3 aliphatic rings. The number of hydrogen-bond acceptors (Lipinski definition) is 5. The van der Waals surface area contributed by atoms with Gasteiger partial charge in [-0.05, 0) is 51.7 Å². The Balaban J connectivity index is 1.40. The topological polar surface area (TPSA) is 69.8 Å². The van der Waals surface area contributed by atoms with E-state index in [1.807, 2.05) is 24.3 Å². The molecule has 6 nitrogen and oxygen atoms in total. The van der Waals surface area contributed by atoms with Crippen LogP contribution >= 0.6 is 0 Å². The molecule has 0 spiro atoms. The Hall–Kier alpha value is -3.51. The highest BCUT2D eigenvalue weighted by atomic mass is 16.5. The Morgan fingerprint density at radius 1 is 1.00 bits per heavy atom. The van der Waals surface area contributed by atoms with Gasteiger partial charge in [0.15, 0.2) is 11.5 Å². The monoisotopic (exact) mass is 555 g/mol. The highest BCUT2D eigenvalue weighted by Gasteiger charge is 2.50. The van der Waals surface area contributed by atoms with Gasteiger partial charge in [-0.25, -0.2) is 0 Å². The van der Waals surface area contributed by atoms with Gasteiger partial charge in [-0.1, -0.05) is 56.3 Å². The summed E-state index contributed by atoms with van der Waals surface area (Å²) in [5, 5.41) is 11.4. The summed E-state index contributed by atoms with van der Waals surface area (Å²) in [6.45, 7) is 14.3. The largest absolute Gasteiger partial charge is 0.466 e.